The number of nitrogens with one attached hydrogen (secondary N) is 1. The molecule has 1 amide bonds. The third-order valence-electron chi connectivity index (χ3n) is 2.12. The lowest BCUT2D eigenvalue weighted by atomic mass is 10.4. The Hall–Kier alpha value is -1.11. The zero-order valence-electron chi connectivity index (χ0n) is 8.48. The number of sulfone groups is 1. The zero-order valence-corrected chi connectivity index (χ0v) is 10.0. The second-order valence-corrected chi connectivity index (χ2v) is 5.85. The average Bonchev–Trinajstić information content (AvgIpc) is 2.27. The van der Waals surface area contributed by atoms with E-state index in [1.807, 2.05) is 5.43 Å². The SMILES string of the molecule is C[C@H](C(=O)NN)S(=O)(=O)c1ccc(Cl)cc1. The molecule has 0 saturated heterocycles. The van der Waals surface area contributed by atoms with Crippen molar-refractivity contribution in [1.82, 2.24) is 5.43 Å². The molecule has 88 valence electrons. The first kappa shape index (κ1) is 13.0. The predicted molar refractivity (Wildman–Crippen MR) is 60.4 cm³/mol. The van der Waals surface area contributed by atoms with E-state index in [-0.39, 0.29) is 4.90 Å². The number of hydrazine groups is 1. The smallest absolute Gasteiger partial charge is 0.252 e. The van der Waals surface area contributed by atoms with Crippen LogP contribution in [0.4, 0.5) is 0 Å². The van der Waals surface area contributed by atoms with Crippen LogP contribution in [0.25, 0.3) is 0 Å². The molecule has 0 aliphatic carbocycles. The van der Waals surface area contributed by atoms with Crippen LogP contribution in [0.2, 0.25) is 5.02 Å². The molecule has 7 heteroatoms. The number of carbonyl (C=O) groups excluding carboxylic acids is 1. The number of halogens is 1. The van der Waals surface area contributed by atoms with Gasteiger partial charge in [-0.05, 0) is 31.2 Å². The minimum absolute atomic E-state index is 0.0352. The highest BCUT2D eigenvalue weighted by atomic mass is 35.5. The Balaban J connectivity index is 3.12. The Morgan fingerprint density at radius 2 is 1.88 bits per heavy atom. The van der Waals surface area contributed by atoms with Gasteiger partial charge >= 0.3 is 0 Å². The molecule has 0 fully saturated rings. The Kier molecular flexibility index (Phi) is 3.90. The fraction of sp³-hybridized carbons (Fsp3) is 0.222. The second-order valence-electron chi connectivity index (χ2n) is 3.15. The van der Waals surface area contributed by atoms with Crippen LogP contribution in [0.15, 0.2) is 29.2 Å². The topological polar surface area (TPSA) is 89.3 Å². The highest BCUT2D eigenvalue weighted by Crippen LogP contribution is 2.18. The van der Waals surface area contributed by atoms with Crippen LogP contribution in [0.5, 0.6) is 0 Å². The molecule has 0 spiro atoms. The van der Waals surface area contributed by atoms with Gasteiger partial charge in [0.05, 0.1) is 4.90 Å². The molecule has 0 radical (unpaired) electrons. The summed E-state index contributed by atoms with van der Waals surface area (Å²) in [4.78, 5) is 11.2. The molecule has 1 aromatic rings. The van der Waals surface area contributed by atoms with E-state index >= 15 is 0 Å². The Bertz CT molecular complexity index is 484. The van der Waals surface area contributed by atoms with Crippen molar-refractivity contribution in [2.45, 2.75) is 17.1 Å². The maximum absolute atomic E-state index is 11.9. The molecule has 1 aromatic carbocycles. The summed E-state index contributed by atoms with van der Waals surface area (Å²) in [5, 5.41) is -0.812. The summed E-state index contributed by atoms with van der Waals surface area (Å²) in [6.45, 7) is 1.27. The molecular weight excluding hydrogens is 252 g/mol. The average molecular weight is 263 g/mol. The van der Waals surface area contributed by atoms with Crippen molar-refractivity contribution in [2.75, 3.05) is 0 Å². The van der Waals surface area contributed by atoms with Gasteiger partial charge in [-0.15, -0.1) is 0 Å². The number of rotatable bonds is 3. The van der Waals surface area contributed by atoms with E-state index in [0.717, 1.165) is 0 Å². The lowest BCUT2D eigenvalue weighted by Gasteiger charge is -2.11. The summed E-state index contributed by atoms with van der Waals surface area (Å²) in [6.07, 6.45) is 0. The lowest BCUT2D eigenvalue weighted by Crippen LogP contribution is -2.41. The summed E-state index contributed by atoms with van der Waals surface area (Å²) >= 11 is 5.64. The van der Waals surface area contributed by atoms with E-state index in [4.69, 9.17) is 17.4 Å². The first-order valence-corrected chi connectivity index (χ1v) is 6.32. The highest BCUT2D eigenvalue weighted by molar-refractivity contribution is 7.92. The van der Waals surface area contributed by atoms with Crippen LogP contribution in [0, 0.1) is 0 Å². The fourth-order valence-corrected chi connectivity index (χ4v) is 2.49. The van der Waals surface area contributed by atoms with Gasteiger partial charge < -0.3 is 0 Å². The maximum Gasteiger partial charge on any atom is 0.252 e. The number of amides is 1. The Morgan fingerprint density at radius 3 is 2.31 bits per heavy atom. The Labute approximate surface area is 98.5 Å². The van der Waals surface area contributed by atoms with Crippen molar-refractivity contribution < 1.29 is 13.2 Å². The number of benzene rings is 1. The minimum Gasteiger partial charge on any atom is -0.293 e. The second kappa shape index (κ2) is 4.82. The number of nitrogens with two attached hydrogens (primary N) is 1. The van der Waals surface area contributed by atoms with Gasteiger partial charge in [-0.25, -0.2) is 14.3 Å². The van der Waals surface area contributed by atoms with Crippen LogP contribution < -0.4 is 11.3 Å². The molecule has 0 heterocycles. The molecule has 3 N–H and O–H groups in total. The summed E-state index contributed by atoms with van der Waals surface area (Å²) in [5.41, 5.74) is 1.81. The maximum atomic E-state index is 11.9. The molecule has 1 atom stereocenters. The molecular formula is C9H11ClN2O3S. The van der Waals surface area contributed by atoms with Gasteiger partial charge in [-0.3, -0.25) is 10.2 Å². The summed E-state index contributed by atoms with van der Waals surface area (Å²) in [6, 6.07) is 5.58. The van der Waals surface area contributed by atoms with Gasteiger partial charge in [-0.1, -0.05) is 11.6 Å². The molecule has 0 saturated carbocycles. The first-order valence-electron chi connectivity index (χ1n) is 4.39. The van der Waals surface area contributed by atoms with E-state index in [0.29, 0.717) is 5.02 Å². The lowest BCUT2D eigenvalue weighted by molar-refractivity contribution is -0.120. The van der Waals surface area contributed by atoms with E-state index in [1.165, 1.54) is 31.2 Å². The molecule has 0 bridgehead atoms. The summed E-state index contributed by atoms with van der Waals surface area (Å²) in [5.74, 6) is 4.13. The first-order chi connectivity index (χ1) is 7.39. The van der Waals surface area contributed by atoms with Crippen LogP contribution in [-0.4, -0.2) is 19.6 Å². The van der Waals surface area contributed by atoms with Crippen molar-refractivity contribution in [3.8, 4) is 0 Å². The number of hydrogen-bond donors (Lipinski definition) is 2. The molecule has 0 aliphatic rings. The van der Waals surface area contributed by atoms with Gasteiger partial charge in [0.25, 0.3) is 5.91 Å². The largest absolute Gasteiger partial charge is 0.293 e. The quantitative estimate of drug-likeness (QED) is 0.471. The van der Waals surface area contributed by atoms with Gasteiger partial charge in [0.1, 0.15) is 5.25 Å². The third-order valence-corrected chi connectivity index (χ3v) is 4.45. The van der Waals surface area contributed by atoms with Gasteiger partial charge in [0, 0.05) is 5.02 Å². The van der Waals surface area contributed by atoms with E-state index < -0.39 is 21.0 Å². The molecule has 5 nitrogen and oxygen atoms in total. The third kappa shape index (κ3) is 2.52. The normalized spacial score (nSPS) is 13.2. The zero-order chi connectivity index (χ0) is 12.3. The molecule has 0 aromatic heterocycles. The van der Waals surface area contributed by atoms with Crippen molar-refractivity contribution >= 4 is 27.3 Å². The van der Waals surface area contributed by atoms with E-state index in [2.05, 4.69) is 0 Å². The monoisotopic (exact) mass is 262 g/mol. The highest BCUT2D eigenvalue weighted by Gasteiger charge is 2.29. The van der Waals surface area contributed by atoms with E-state index in [1.54, 1.807) is 0 Å². The molecule has 16 heavy (non-hydrogen) atoms. The minimum atomic E-state index is -3.72. The standard InChI is InChI=1S/C9H11ClN2O3S/c1-6(9(13)12-11)16(14,15)8-4-2-7(10)3-5-8/h2-6H,11H2,1H3,(H,12,13)/t6-/m1/s1. The van der Waals surface area contributed by atoms with Crippen molar-refractivity contribution in [3.63, 3.8) is 0 Å². The van der Waals surface area contributed by atoms with Crippen molar-refractivity contribution in [2.24, 2.45) is 5.84 Å². The van der Waals surface area contributed by atoms with Crippen molar-refractivity contribution in [1.29, 1.82) is 0 Å². The van der Waals surface area contributed by atoms with Crippen molar-refractivity contribution in [3.05, 3.63) is 29.3 Å². The number of hydrogen-bond acceptors (Lipinski definition) is 4. The fourth-order valence-electron chi connectivity index (χ4n) is 1.09. The van der Waals surface area contributed by atoms with E-state index in [9.17, 15) is 13.2 Å². The van der Waals surface area contributed by atoms with Gasteiger partial charge in [-0.2, -0.15) is 0 Å². The van der Waals surface area contributed by atoms with Crippen LogP contribution >= 0.6 is 11.6 Å². The van der Waals surface area contributed by atoms with Gasteiger partial charge in [0.15, 0.2) is 9.84 Å². The van der Waals surface area contributed by atoms with Gasteiger partial charge in [0.2, 0.25) is 0 Å². The Morgan fingerprint density at radius 1 is 1.38 bits per heavy atom. The van der Waals surface area contributed by atoms with Crippen LogP contribution in [0.3, 0.4) is 0 Å². The molecule has 0 unspecified atom stereocenters. The predicted octanol–water partition coefficient (Wildman–Crippen LogP) is 0.492. The number of carbonyl (C=O) groups is 1. The van der Waals surface area contributed by atoms with Crippen LogP contribution in [0.1, 0.15) is 6.92 Å². The summed E-state index contributed by atoms with van der Waals surface area (Å²) < 4.78 is 23.8. The summed E-state index contributed by atoms with van der Waals surface area (Å²) in [7, 11) is -3.72. The van der Waals surface area contributed by atoms with Crippen LogP contribution in [-0.2, 0) is 14.6 Å². The molecule has 0 aliphatic heterocycles. The molecule has 1 rings (SSSR count).